The Morgan fingerprint density at radius 2 is 1.83 bits per heavy atom. The van der Waals surface area contributed by atoms with Gasteiger partial charge in [0.15, 0.2) is 0 Å². The molecule has 0 unspecified atom stereocenters. The maximum atomic E-state index is 13.2. The van der Waals surface area contributed by atoms with Gasteiger partial charge in [0.1, 0.15) is 5.82 Å². The third-order valence-electron chi connectivity index (χ3n) is 7.18. The Bertz CT molecular complexity index is 928. The number of likely N-dealkylation sites (tertiary alicyclic amines) is 1. The summed E-state index contributed by atoms with van der Waals surface area (Å²) >= 11 is 0. The number of nitrogens with zero attached hydrogens (tertiary/aromatic N) is 3. The molecular formula is C25H30FN3O. The summed E-state index contributed by atoms with van der Waals surface area (Å²) in [6, 6.07) is 14.0. The van der Waals surface area contributed by atoms with Crippen molar-refractivity contribution >= 4 is 11.6 Å². The van der Waals surface area contributed by atoms with Crippen LogP contribution in [-0.2, 0) is 13.0 Å². The van der Waals surface area contributed by atoms with Gasteiger partial charge >= 0.3 is 0 Å². The van der Waals surface area contributed by atoms with E-state index in [4.69, 9.17) is 0 Å². The number of fused-ring (bicyclic) bond motifs is 1. The number of hydrogen-bond donors (Lipinski definition) is 0. The molecule has 5 heteroatoms. The number of amides is 1. The van der Waals surface area contributed by atoms with Gasteiger partial charge in [-0.3, -0.25) is 9.69 Å². The molecule has 3 aliphatic rings. The second-order valence-electron chi connectivity index (χ2n) is 9.05. The lowest BCUT2D eigenvalue weighted by molar-refractivity contribution is 0.0734. The second-order valence-corrected chi connectivity index (χ2v) is 9.05. The minimum atomic E-state index is -0.314. The van der Waals surface area contributed by atoms with Crippen LogP contribution in [0.4, 0.5) is 10.1 Å². The molecule has 2 fully saturated rings. The Morgan fingerprint density at radius 3 is 2.60 bits per heavy atom. The summed E-state index contributed by atoms with van der Waals surface area (Å²) in [4.78, 5) is 19.9. The Morgan fingerprint density at radius 1 is 1.00 bits per heavy atom. The van der Waals surface area contributed by atoms with E-state index in [-0.39, 0.29) is 11.7 Å². The van der Waals surface area contributed by atoms with Gasteiger partial charge in [0.25, 0.3) is 5.91 Å². The van der Waals surface area contributed by atoms with Crippen molar-refractivity contribution in [3.63, 3.8) is 0 Å². The molecule has 2 atom stereocenters. The molecular weight excluding hydrogens is 377 g/mol. The number of hydrogen-bond acceptors (Lipinski definition) is 3. The summed E-state index contributed by atoms with van der Waals surface area (Å²) in [5, 5.41) is 0. The molecule has 0 saturated carbocycles. The van der Waals surface area contributed by atoms with Gasteiger partial charge in [0, 0.05) is 49.5 Å². The lowest BCUT2D eigenvalue weighted by Crippen LogP contribution is -2.39. The van der Waals surface area contributed by atoms with Crippen molar-refractivity contribution < 1.29 is 9.18 Å². The molecule has 3 aliphatic heterocycles. The fourth-order valence-electron chi connectivity index (χ4n) is 5.43. The number of carbonyl (C=O) groups is 1. The van der Waals surface area contributed by atoms with E-state index in [0.29, 0.717) is 24.7 Å². The highest BCUT2D eigenvalue weighted by Crippen LogP contribution is 2.31. The van der Waals surface area contributed by atoms with E-state index in [2.05, 4.69) is 34.9 Å². The number of anilines is 1. The van der Waals surface area contributed by atoms with Gasteiger partial charge < -0.3 is 9.80 Å². The zero-order chi connectivity index (χ0) is 20.7. The quantitative estimate of drug-likeness (QED) is 0.767. The molecule has 0 spiro atoms. The van der Waals surface area contributed by atoms with Gasteiger partial charge in [-0.15, -0.1) is 0 Å². The van der Waals surface area contributed by atoms with Gasteiger partial charge in [-0.1, -0.05) is 6.07 Å². The van der Waals surface area contributed by atoms with Crippen molar-refractivity contribution in [3.05, 3.63) is 65.0 Å². The van der Waals surface area contributed by atoms with Crippen molar-refractivity contribution in [2.45, 2.75) is 51.2 Å². The Labute approximate surface area is 178 Å². The first-order valence-electron chi connectivity index (χ1n) is 11.3. The highest BCUT2D eigenvalue weighted by molar-refractivity contribution is 5.94. The molecule has 30 heavy (non-hydrogen) atoms. The monoisotopic (exact) mass is 407 g/mol. The topological polar surface area (TPSA) is 26.8 Å². The zero-order valence-corrected chi connectivity index (χ0v) is 17.7. The molecule has 0 bridgehead atoms. The molecule has 0 N–H and O–H groups in total. The molecule has 3 heterocycles. The molecule has 158 valence electrons. The second kappa shape index (κ2) is 8.03. The molecule has 4 nitrogen and oxygen atoms in total. The van der Waals surface area contributed by atoms with Gasteiger partial charge in [-0.05, 0) is 86.7 Å². The van der Waals surface area contributed by atoms with E-state index in [1.54, 1.807) is 12.1 Å². The predicted octanol–water partition coefficient (Wildman–Crippen LogP) is 4.09. The van der Waals surface area contributed by atoms with Crippen molar-refractivity contribution in [2.24, 2.45) is 0 Å². The maximum Gasteiger partial charge on any atom is 0.254 e. The number of rotatable bonds is 3. The van der Waals surface area contributed by atoms with Crippen LogP contribution < -0.4 is 4.90 Å². The normalized spacial score (nSPS) is 24.3. The largest absolute Gasteiger partial charge is 0.370 e. The van der Waals surface area contributed by atoms with E-state index in [9.17, 15) is 9.18 Å². The van der Waals surface area contributed by atoms with Crippen molar-refractivity contribution in [3.8, 4) is 0 Å². The fraction of sp³-hybridized carbons (Fsp3) is 0.480. The third kappa shape index (κ3) is 3.71. The summed E-state index contributed by atoms with van der Waals surface area (Å²) < 4.78 is 13.2. The van der Waals surface area contributed by atoms with Crippen LogP contribution in [0.5, 0.6) is 0 Å². The van der Waals surface area contributed by atoms with Gasteiger partial charge in [-0.2, -0.15) is 0 Å². The minimum Gasteiger partial charge on any atom is -0.370 e. The molecule has 0 aromatic heterocycles. The molecule has 2 saturated heterocycles. The van der Waals surface area contributed by atoms with Gasteiger partial charge in [0.2, 0.25) is 0 Å². The highest BCUT2D eigenvalue weighted by Gasteiger charge is 2.33. The lowest BCUT2D eigenvalue weighted by atomic mass is 9.98. The van der Waals surface area contributed by atoms with Crippen molar-refractivity contribution in [1.82, 2.24) is 9.80 Å². The molecule has 0 radical (unpaired) electrons. The van der Waals surface area contributed by atoms with E-state index in [1.807, 2.05) is 4.90 Å². The molecule has 2 aromatic carbocycles. The summed E-state index contributed by atoms with van der Waals surface area (Å²) in [5.74, 6) is -0.335. The lowest BCUT2D eigenvalue weighted by Gasteiger charge is -2.31. The molecule has 0 aliphatic carbocycles. The summed E-state index contributed by atoms with van der Waals surface area (Å²) in [5.41, 5.74) is 4.45. The first kappa shape index (κ1) is 19.6. The third-order valence-corrected chi connectivity index (χ3v) is 7.18. The smallest absolute Gasteiger partial charge is 0.254 e. The van der Waals surface area contributed by atoms with Crippen LogP contribution in [0.1, 0.15) is 47.7 Å². The highest BCUT2D eigenvalue weighted by atomic mass is 19.1. The Hall–Kier alpha value is -2.40. The van der Waals surface area contributed by atoms with Crippen LogP contribution in [0, 0.1) is 5.82 Å². The van der Waals surface area contributed by atoms with Crippen LogP contribution in [-0.4, -0.2) is 54.0 Å². The van der Waals surface area contributed by atoms with Crippen molar-refractivity contribution in [2.75, 3.05) is 31.1 Å². The van der Waals surface area contributed by atoms with Crippen LogP contribution >= 0.6 is 0 Å². The van der Waals surface area contributed by atoms with Crippen LogP contribution in [0.3, 0.4) is 0 Å². The van der Waals surface area contributed by atoms with E-state index in [0.717, 1.165) is 25.6 Å². The van der Waals surface area contributed by atoms with Gasteiger partial charge in [0.05, 0.1) is 0 Å². The number of benzene rings is 2. The molecule has 1 amide bonds. The van der Waals surface area contributed by atoms with E-state index < -0.39 is 0 Å². The van der Waals surface area contributed by atoms with Crippen LogP contribution in [0.25, 0.3) is 0 Å². The standard InChI is InChI=1S/C25H30FN3O/c1-18-3-2-12-29(18)24-11-14-27(17-24)23-9-6-21-16-28(13-10-20(21)15-23)25(30)19-4-7-22(26)8-5-19/h4-9,15,18,24H,2-3,10-14,16-17H2,1H3/t18-,24-/m0/s1. The predicted molar refractivity (Wildman–Crippen MR) is 117 cm³/mol. The average molecular weight is 408 g/mol. The fourth-order valence-corrected chi connectivity index (χ4v) is 5.43. The van der Waals surface area contributed by atoms with E-state index >= 15 is 0 Å². The number of carbonyl (C=O) groups excluding carboxylic acids is 1. The zero-order valence-electron chi connectivity index (χ0n) is 17.7. The average Bonchev–Trinajstić information content (AvgIpc) is 3.42. The summed E-state index contributed by atoms with van der Waals surface area (Å²) in [7, 11) is 0. The molecule has 5 rings (SSSR count). The first-order valence-corrected chi connectivity index (χ1v) is 11.3. The van der Waals surface area contributed by atoms with Crippen LogP contribution in [0.15, 0.2) is 42.5 Å². The molecule has 2 aromatic rings. The summed E-state index contributed by atoms with van der Waals surface area (Å²) in [6.07, 6.45) is 4.80. The minimum absolute atomic E-state index is 0.0214. The van der Waals surface area contributed by atoms with Gasteiger partial charge in [-0.25, -0.2) is 4.39 Å². The Kier molecular flexibility index (Phi) is 5.23. The van der Waals surface area contributed by atoms with Crippen LogP contribution in [0.2, 0.25) is 0 Å². The number of halogens is 1. The Balaban J connectivity index is 1.26. The SMILES string of the molecule is C[C@H]1CCCN1[C@H]1CCN(c2ccc3c(c2)CCN(C(=O)c2ccc(F)cc2)C3)C1. The first-order chi connectivity index (χ1) is 14.6. The van der Waals surface area contributed by atoms with E-state index in [1.165, 1.54) is 54.8 Å². The summed E-state index contributed by atoms with van der Waals surface area (Å²) in [6.45, 7) is 7.20. The van der Waals surface area contributed by atoms with Crippen molar-refractivity contribution in [1.29, 1.82) is 0 Å². The maximum absolute atomic E-state index is 13.2.